The van der Waals surface area contributed by atoms with Crippen molar-refractivity contribution in [2.45, 2.75) is 129 Å². The Balaban J connectivity index is 0.000000804. The number of rotatable bonds is 7. The zero-order valence-electron chi connectivity index (χ0n) is 25.3. The number of halogens is 4. The monoisotopic (exact) mass is 668 g/mol. The summed E-state index contributed by atoms with van der Waals surface area (Å²) in [5, 5.41) is 0. The Morgan fingerprint density at radius 3 is 0.868 bits per heavy atom. The summed E-state index contributed by atoms with van der Waals surface area (Å²) in [5.41, 5.74) is 4.28. The summed E-state index contributed by atoms with van der Waals surface area (Å²) < 4.78 is 39.0. The Kier molecular flexibility index (Phi) is 20.2. The SMILES string of the molecule is C1=CCC/C=C\CC1.CC(C)C1CCC(C(C)C)P1CCP1C(C(C)C)CCC1C(C)C.F[B-](F)(F)F.[Rh]. The van der Waals surface area contributed by atoms with Crippen LogP contribution in [-0.2, 0) is 19.5 Å². The molecule has 3 rings (SSSR count). The van der Waals surface area contributed by atoms with Gasteiger partial charge in [-0.1, -0.05) is 95.5 Å². The molecule has 2 heterocycles. The van der Waals surface area contributed by atoms with E-state index in [4.69, 9.17) is 0 Å². The molecule has 0 aromatic heterocycles. The Hall–Kier alpha value is 0.748. The van der Waals surface area contributed by atoms with Crippen LogP contribution in [0.3, 0.4) is 0 Å². The van der Waals surface area contributed by atoms with Crippen molar-refractivity contribution in [2.24, 2.45) is 23.7 Å². The van der Waals surface area contributed by atoms with Crippen LogP contribution in [0.1, 0.15) is 107 Å². The van der Waals surface area contributed by atoms with E-state index < -0.39 is 7.25 Å². The molecule has 0 saturated carbocycles. The second-order valence-electron chi connectivity index (χ2n) is 12.5. The van der Waals surface area contributed by atoms with Gasteiger partial charge in [-0.25, -0.2) is 0 Å². The third-order valence-corrected chi connectivity index (χ3v) is 16.9. The van der Waals surface area contributed by atoms with Gasteiger partial charge >= 0.3 is 7.25 Å². The van der Waals surface area contributed by atoms with E-state index in [1.54, 1.807) is 12.3 Å². The zero-order valence-corrected chi connectivity index (χ0v) is 28.7. The van der Waals surface area contributed by atoms with E-state index in [1.165, 1.54) is 51.4 Å². The predicted octanol–water partition coefficient (Wildman–Crippen LogP) is 11.6. The molecule has 2 fully saturated rings. The van der Waals surface area contributed by atoms with Crippen LogP contribution in [-0.4, -0.2) is 42.2 Å². The van der Waals surface area contributed by atoms with Gasteiger partial charge < -0.3 is 17.3 Å². The molecule has 0 aromatic carbocycles. The van der Waals surface area contributed by atoms with Crippen LogP contribution < -0.4 is 0 Å². The maximum atomic E-state index is 9.75. The first-order chi connectivity index (χ1) is 17.2. The molecule has 0 nitrogen and oxygen atoms in total. The van der Waals surface area contributed by atoms with E-state index >= 15 is 0 Å². The molecule has 4 atom stereocenters. The van der Waals surface area contributed by atoms with Crippen LogP contribution in [0.5, 0.6) is 0 Å². The summed E-state index contributed by atoms with van der Waals surface area (Å²) in [6.45, 7) is 20.0. The van der Waals surface area contributed by atoms with Gasteiger partial charge in [0.05, 0.1) is 0 Å². The predicted molar refractivity (Wildman–Crippen MR) is 163 cm³/mol. The molecule has 38 heavy (non-hydrogen) atoms. The molecule has 2 aliphatic heterocycles. The summed E-state index contributed by atoms with van der Waals surface area (Å²) in [7, 11) is -5.45. The van der Waals surface area contributed by atoms with Crippen LogP contribution in [0.15, 0.2) is 24.3 Å². The van der Waals surface area contributed by atoms with Gasteiger partial charge in [0.25, 0.3) is 0 Å². The standard InChI is InChI=1S/C22H44P2.C8H12.BF4.Rh/c1-15(2)19-9-10-20(16(3)4)23(19)13-14-24-21(17(5)6)11-12-22(24)18(7)8;1-2-4-6-8-7-5-3-1;2-1(3,4)5;/h15-22H,9-14H2,1-8H3;1-2,7-8H,3-6H2;;/q;;-1;/b;2-1-,8-7?;;. The van der Waals surface area contributed by atoms with Gasteiger partial charge in [0.2, 0.25) is 0 Å². The van der Waals surface area contributed by atoms with Crippen molar-refractivity contribution in [1.82, 2.24) is 0 Å². The Labute approximate surface area is 248 Å². The number of hydrogen-bond acceptors (Lipinski definition) is 0. The Morgan fingerprint density at radius 1 is 0.526 bits per heavy atom. The largest absolute Gasteiger partial charge is 0.673 e. The molecule has 0 bridgehead atoms. The van der Waals surface area contributed by atoms with Gasteiger partial charge in [0.1, 0.15) is 0 Å². The van der Waals surface area contributed by atoms with Crippen molar-refractivity contribution in [3.05, 3.63) is 24.3 Å². The van der Waals surface area contributed by atoms with Gasteiger partial charge in [-0.05, 0) is 110 Å². The van der Waals surface area contributed by atoms with E-state index in [-0.39, 0.29) is 35.3 Å². The third-order valence-electron chi connectivity index (χ3n) is 8.25. The first-order valence-corrected chi connectivity index (χ1v) is 18.3. The quantitative estimate of drug-likeness (QED) is 0.110. The maximum absolute atomic E-state index is 9.75. The number of hydrogen-bond donors (Lipinski definition) is 0. The van der Waals surface area contributed by atoms with Crippen molar-refractivity contribution in [3.63, 3.8) is 0 Å². The van der Waals surface area contributed by atoms with Crippen molar-refractivity contribution in [1.29, 1.82) is 0 Å². The minimum atomic E-state index is -6.00. The molecule has 227 valence electrons. The molecule has 1 radical (unpaired) electrons. The first-order valence-electron chi connectivity index (χ1n) is 14.9. The molecule has 0 aromatic rings. The van der Waals surface area contributed by atoms with Crippen LogP contribution >= 0.6 is 15.8 Å². The fraction of sp³-hybridized carbons (Fsp3) is 0.867. The molecule has 3 aliphatic rings. The Morgan fingerprint density at radius 2 is 0.711 bits per heavy atom. The van der Waals surface area contributed by atoms with Crippen LogP contribution in [0, 0.1) is 23.7 Å². The smallest absolute Gasteiger partial charge is 0.418 e. The first kappa shape index (κ1) is 38.7. The van der Waals surface area contributed by atoms with E-state index in [0.717, 1.165) is 46.3 Å². The molecular weight excluding hydrogens is 612 g/mol. The van der Waals surface area contributed by atoms with Gasteiger partial charge in [0.15, 0.2) is 0 Å². The summed E-state index contributed by atoms with van der Waals surface area (Å²) in [6, 6.07) is 0. The minimum Gasteiger partial charge on any atom is -0.418 e. The topological polar surface area (TPSA) is 0 Å². The minimum absolute atomic E-state index is 0. The molecular formula is C30H56BF4P2Rh-. The van der Waals surface area contributed by atoms with E-state index in [0.29, 0.717) is 0 Å². The second-order valence-corrected chi connectivity index (χ2v) is 18.1. The zero-order chi connectivity index (χ0) is 28.2. The third kappa shape index (κ3) is 15.1. The average molecular weight is 668 g/mol. The van der Waals surface area contributed by atoms with E-state index in [1.807, 2.05) is 0 Å². The van der Waals surface area contributed by atoms with Crippen molar-refractivity contribution in [2.75, 3.05) is 12.3 Å². The van der Waals surface area contributed by atoms with E-state index in [2.05, 4.69) is 79.7 Å². The van der Waals surface area contributed by atoms with Crippen molar-refractivity contribution in [3.8, 4) is 0 Å². The average Bonchev–Trinajstić information content (AvgIpc) is 3.35. The van der Waals surface area contributed by atoms with Crippen LogP contribution in [0.4, 0.5) is 17.3 Å². The maximum Gasteiger partial charge on any atom is 0.673 e. The molecule has 1 aliphatic carbocycles. The van der Waals surface area contributed by atoms with Crippen molar-refractivity contribution >= 4 is 23.1 Å². The molecule has 2 saturated heterocycles. The van der Waals surface area contributed by atoms with Gasteiger partial charge in [-0.3, -0.25) is 0 Å². The summed E-state index contributed by atoms with van der Waals surface area (Å²) in [6.07, 6.45) is 23.4. The second kappa shape index (κ2) is 19.8. The molecule has 0 amide bonds. The summed E-state index contributed by atoms with van der Waals surface area (Å²) in [5.74, 6) is 3.66. The summed E-state index contributed by atoms with van der Waals surface area (Å²) >= 11 is 0. The Bertz CT molecular complexity index is 567. The van der Waals surface area contributed by atoms with Crippen LogP contribution in [0.25, 0.3) is 0 Å². The number of allylic oxidation sites excluding steroid dienone is 4. The fourth-order valence-corrected chi connectivity index (χ4v) is 15.6. The normalized spacial score (nSPS) is 30.3. The van der Waals surface area contributed by atoms with Crippen LogP contribution in [0.2, 0.25) is 0 Å². The fourth-order valence-electron chi connectivity index (χ4n) is 6.45. The van der Waals surface area contributed by atoms with Crippen molar-refractivity contribution < 1.29 is 36.7 Å². The van der Waals surface area contributed by atoms with Gasteiger partial charge in [-0.2, -0.15) is 0 Å². The van der Waals surface area contributed by atoms with E-state index in [9.17, 15) is 17.3 Å². The molecule has 0 spiro atoms. The summed E-state index contributed by atoms with van der Waals surface area (Å²) in [4.78, 5) is 0. The molecule has 4 unspecified atom stereocenters. The molecule has 8 heteroatoms. The van der Waals surface area contributed by atoms with Gasteiger partial charge in [0, 0.05) is 19.5 Å². The molecule has 0 N–H and O–H groups in total. The van der Waals surface area contributed by atoms with Gasteiger partial charge in [-0.15, -0.1) is 0 Å².